The molecule has 1 aromatic carbocycles. The Morgan fingerprint density at radius 1 is 1.13 bits per heavy atom. The summed E-state index contributed by atoms with van der Waals surface area (Å²) < 4.78 is 29.6. The maximum absolute atomic E-state index is 14.2. The minimum absolute atomic E-state index is 0.109. The lowest BCUT2D eigenvalue weighted by atomic mass is 9.85. The molecular formula is C34H46BrN3O8. The predicted octanol–water partition coefficient (Wildman–Crippen LogP) is 5.57. The fourth-order valence-electron chi connectivity index (χ4n) is 6.43. The van der Waals surface area contributed by atoms with Gasteiger partial charge in [0.05, 0.1) is 32.9 Å². The Kier molecular flexibility index (Phi) is 10.8. The third-order valence-corrected chi connectivity index (χ3v) is 9.58. The van der Waals surface area contributed by atoms with Gasteiger partial charge in [-0.25, -0.2) is 14.6 Å². The van der Waals surface area contributed by atoms with Crippen LogP contribution in [-0.2, 0) is 25.5 Å². The van der Waals surface area contributed by atoms with E-state index >= 15 is 0 Å². The molecule has 1 aliphatic carbocycles. The fraction of sp³-hybridized carbons (Fsp3) is 0.647. The van der Waals surface area contributed by atoms with Gasteiger partial charge in [0, 0.05) is 17.1 Å². The molecule has 2 aliphatic heterocycles. The third-order valence-electron chi connectivity index (χ3n) is 9.02. The van der Waals surface area contributed by atoms with E-state index in [1.54, 1.807) is 7.11 Å². The van der Waals surface area contributed by atoms with Crippen LogP contribution in [0.15, 0.2) is 18.2 Å². The van der Waals surface area contributed by atoms with E-state index in [-0.39, 0.29) is 19.1 Å². The lowest BCUT2D eigenvalue weighted by molar-refractivity contribution is -0.152. The molecule has 2 bridgehead atoms. The van der Waals surface area contributed by atoms with Crippen LogP contribution in [0.2, 0.25) is 0 Å². The first-order chi connectivity index (χ1) is 22.0. The number of para-hydroxylation sites is 1. The molecule has 2 amide bonds. The Hall–Kier alpha value is -3.28. The van der Waals surface area contributed by atoms with Crippen LogP contribution in [0.5, 0.6) is 17.4 Å². The SMILES string of the molecule is COC(=O)[C@@H]1C[C@@H]2CN1C(=O)[C@H](C(C)(C)C)NC(=O)O[C@@H]1C[C@H]1CCCCCc1c(nc3c(OC)cccc3c1OCCCBr)O2. The van der Waals surface area contributed by atoms with Gasteiger partial charge in [0.2, 0.25) is 11.8 Å². The molecule has 1 aromatic heterocycles. The first-order valence-electron chi connectivity index (χ1n) is 16.3. The molecular weight excluding hydrogens is 658 g/mol. The quantitative estimate of drug-likeness (QED) is 0.233. The Morgan fingerprint density at radius 2 is 1.93 bits per heavy atom. The predicted molar refractivity (Wildman–Crippen MR) is 176 cm³/mol. The van der Waals surface area contributed by atoms with Crippen LogP contribution in [0, 0.1) is 11.3 Å². The van der Waals surface area contributed by atoms with Gasteiger partial charge < -0.3 is 33.9 Å². The maximum Gasteiger partial charge on any atom is 0.408 e. The highest BCUT2D eigenvalue weighted by atomic mass is 79.9. The molecule has 252 valence electrons. The highest BCUT2D eigenvalue weighted by Gasteiger charge is 2.47. The molecule has 0 unspecified atom stereocenters. The molecule has 2 fully saturated rings. The molecule has 1 saturated carbocycles. The number of fused-ring (bicyclic) bond motifs is 5. The molecule has 1 saturated heterocycles. The van der Waals surface area contributed by atoms with E-state index < -0.39 is 41.6 Å². The van der Waals surface area contributed by atoms with E-state index in [1.165, 1.54) is 12.0 Å². The number of pyridine rings is 1. The van der Waals surface area contributed by atoms with Crippen molar-refractivity contribution in [2.45, 2.75) is 96.4 Å². The number of carbonyl (C=O) groups excluding carboxylic acids is 3. The van der Waals surface area contributed by atoms with Crippen LogP contribution in [0.1, 0.15) is 71.3 Å². The monoisotopic (exact) mass is 703 g/mol. The zero-order valence-electron chi connectivity index (χ0n) is 27.4. The van der Waals surface area contributed by atoms with Crippen LogP contribution >= 0.6 is 15.9 Å². The molecule has 11 nitrogen and oxygen atoms in total. The molecule has 3 heterocycles. The summed E-state index contributed by atoms with van der Waals surface area (Å²) in [6, 6.07) is 3.93. The Balaban J connectivity index is 1.56. The summed E-state index contributed by atoms with van der Waals surface area (Å²) in [5.41, 5.74) is 0.818. The number of nitrogens with one attached hydrogen (secondary N) is 1. The van der Waals surface area contributed by atoms with Crippen molar-refractivity contribution in [1.82, 2.24) is 15.2 Å². The van der Waals surface area contributed by atoms with E-state index in [0.717, 1.165) is 60.6 Å². The Bertz CT molecular complexity index is 1430. The highest BCUT2D eigenvalue weighted by Crippen LogP contribution is 2.42. The Morgan fingerprint density at radius 3 is 2.65 bits per heavy atom. The van der Waals surface area contributed by atoms with Gasteiger partial charge >= 0.3 is 12.1 Å². The number of hydrogen-bond acceptors (Lipinski definition) is 9. The average Bonchev–Trinajstić information content (AvgIpc) is 3.61. The number of ether oxygens (including phenoxy) is 5. The van der Waals surface area contributed by atoms with Gasteiger partial charge in [-0.3, -0.25) is 4.79 Å². The van der Waals surface area contributed by atoms with E-state index in [1.807, 2.05) is 39.0 Å². The zero-order chi connectivity index (χ0) is 33.0. The number of amides is 2. The van der Waals surface area contributed by atoms with E-state index in [9.17, 15) is 14.4 Å². The van der Waals surface area contributed by atoms with Crippen molar-refractivity contribution in [1.29, 1.82) is 0 Å². The van der Waals surface area contributed by atoms with Crippen LogP contribution in [-0.4, -0.2) is 84.8 Å². The Labute approximate surface area is 279 Å². The number of methoxy groups -OCH3 is 2. The highest BCUT2D eigenvalue weighted by molar-refractivity contribution is 9.09. The van der Waals surface area contributed by atoms with E-state index in [0.29, 0.717) is 36.1 Å². The van der Waals surface area contributed by atoms with Crippen LogP contribution < -0.4 is 19.5 Å². The number of halogens is 1. The largest absolute Gasteiger partial charge is 0.494 e. The second-order valence-corrected chi connectivity index (χ2v) is 14.3. The van der Waals surface area contributed by atoms with Gasteiger partial charge in [-0.2, -0.15) is 0 Å². The summed E-state index contributed by atoms with van der Waals surface area (Å²) in [5, 5.41) is 4.47. The fourth-order valence-corrected chi connectivity index (χ4v) is 6.66. The summed E-state index contributed by atoms with van der Waals surface area (Å²) in [6.07, 6.45) is 5.00. The number of aromatic nitrogens is 1. The first kappa shape index (κ1) is 34.1. The maximum atomic E-state index is 14.2. The normalized spacial score (nSPS) is 25.6. The molecule has 0 radical (unpaired) electrons. The molecule has 5 rings (SSSR count). The lowest BCUT2D eigenvalue weighted by Gasteiger charge is -2.34. The van der Waals surface area contributed by atoms with Crippen LogP contribution in [0.4, 0.5) is 4.79 Å². The number of rotatable bonds is 6. The van der Waals surface area contributed by atoms with Crippen LogP contribution in [0.3, 0.4) is 0 Å². The van der Waals surface area contributed by atoms with Crippen LogP contribution in [0.25, 0.3) is 10.9 Å². The number of nitrogens with zero attached hydrogens (tertiary/aromatic N) is 2. The van der Waals surface area contributed by atoms with Crippen molar-refractivity contribution in [3.63, 3.8) is 0 Å². The summed E-state index contributed by atoms with van der Waals surface area (Å²) >= 11 is 3.50. The molecule has 2 aromatic rings. The van der Waals surface area contributed by atoms with Gasteiger partial charge in [-0.1, -0.05) is 55.6 Å². The van der Waals surface area contributed by atoms with Crippen molar-refractivity contribution in [3.8, 4) is 17.4 Å². The minimum Gasteiger partial charge on any atom is -0.494 e. The number of carbonyl (C=O) groups is 3. The van der Waals surface area contributed by atoms with Gasteiger partial charge in [0.1, 0.15) is 41.3 Å². The molecule has 46 heavy (non-hydrogen) atoms. The number of alkyl halides is 1. The molecule has 12 heteroatoms. The van der Waals surface area contributed by atoms with Crippen molar-refractivity contribution >= 4 is 44.8 Å². The van der Waals surface area contributed by atoms with Gasteiger partial charge in [-0.15, -0.1) is 0 Å². The number of alkyl carbamates (subject to hydrolysis) is 1. The molecule has 0 spiro atoms. The van der Waals surface area contributed by atoms with E-state index in [4.69, 9.17) is 28.7 Å². The number of hydrogen-bond donors (Lipinski definition) is 1. The summed E-state index contributed by atoms with van der Waals surface area (Å²) in [7, 11) is 2.90. The van der Waals surface area contributed by atoms with Crippen molar-refractivity contribution in [3.05, 3.63) is 23.8 Å². The smallest absolute Gasteiger partial charge is 0.408 e. The zero-order valence-corrected chi connectivity index (χ0v) is 29.0. The summed E-state index contributed by atoms with van der Waals surface area (Å²) in [4.78, 5) is 46.6. The van der Waals surface area contributed by atoms with Crippen molar-refractivity contribution in [2.24, 2.45) is 11.3 Å². The number of esters is 1. The first-order valence-corrected chi connectivity index (χ1v) is 17.4. The summed E-state index contributed by atoms with van der Waals surface area (Å²) in [5.74, 6) is 1.09. The molecule has 3 aliphatic rings. The van der Waals surface area contributed by atoms with Crippen molar-refractivity contribution < 1.29 is 38.1 Å². The molecule has 1 N–H and O–H groups in total. The lowest BCUT2D eigenvalue weighted by Crippen LogP contribution is -2.57. The molecule has 5 atom stereocenters. The minimum atomic E-state index is -0.935. The second-order valence-electron chi connectivity index (χ2n) is 13.5. The second kappa shape index (κ2) is 14.6. The third kappa shape index (κ3) is 7.64. The number of benzene rings is 1. The average molecular weight is 705 g/mol. The van der Waals surface area contributed by atoms with E-state index in [2.05, 4.69) is 21.2 Å². The summed E-state index contributed by atoms with van der Waals surface area (Å²) in [6.45, 7) is 6.23. The van der Waals surface area contributed by atoms with Crippen molar-refractivity contribution in [2.75, 3.05) is 32.7 Å². The standard InChI is InChI=1S/C34H46BrN3O8/c1-34(2,3)29-31(39)38-19-21(18-24(38)32(40)43-5)45-30-23(12-8-6-7-11-20-17-26(20)46-33(41)37-29)28(44-16-10-15-35)22-13-9-14-25(42-4)27(22)36-30/h9,13-14,20-21,24,26,29H,6-8,10-12,15-19H2,1-5H3,(H,37,41)/t20-,21-,24+,26-,29-/m1/s1. The van der Waals surface area contributed by atoms with Gasteiger partial charge in [0.25, 0.3) is 0 Å². The topological polar surface area (TPSA) is 126 Å². The van der Waals surface area contributed by atoms with Gasteiger partial charge in [-0.05, 0) is 55.6 Å². The van der Waals surface area contributed by atoms with Gasteiger partial charge in [0.15, 0.2) is 0 Å².